The van der Waals surface area contributed by atoms with E-state index in [2.05, 4.69) is 34.4 Å². The molecule has 7 nitrogen and oxygen atoms in total. The largest absolute Gasteiger partial charge is 0.377 e. The standard InChI is InChI=1S/C18H23N5O2/c1-18(2)14(13-5-9-25-15(13)18)22-17(24)21-10-12-4-3-6-20-16(12)23-8-7-19-11-23/h3-4,6-8,11,13-15H,5,9-10H2,1-2H3,(H2,21,22,24). The summed E-state index contributed by atoms with van der Waals surface area (Å²) in [5, 5.41) is 6.09. The van der Waals surface area contributed by atoms with Gasteiger partial charge in [0.05, 0.1) is 6.10 Å². The van der Waals surface area contributed by atoms with E-state index in [0.29, 0.717) is 12.5 Å². The predicted octanol–water partition coefficient (Wildman–Crippen LogP) is 1.88. The van der Waals surface area contributed by atoms with Crippen molar-refractivity contribution in [1.29, 1.82) is 0 Å². The summed E-state index contributed by atoms with van der Waals surface area (Å²) in [4.78, 5) is 20.8. The summed E-state index contributed by atoms with van der Waals surface area (Å²) in [6.07, 6.45) is 8.26. The molecule has 1 aliphatic carbocycles. The van der Waals surface area contributed by atoms with E-state index in [1.54, 1.807) is 18.7 Å². The van der Waals surface area contributed by atoms with Crippen LogP contribution >= 0.6 is 0 Å². The molecule has 2 aliphatic rings. The molecule has 1 saturated carbocycles. The first-order valence-electron chi connectivity index (χ1n) is 8.65. The molecule has 132 valence electrons. The smallest absolute Gasteiger partial charge is 0.315 e. The van der Waals surface area contributed by atoms with Gasteiger partial charge in [0.25, 0.3) is 0 Å². The van der Waals surface area contributed by atoms with Crippen molar-refractivity contribution in [2.75, 3.05) is 6.61 Å². The monoisotopic (exact) mass is 341 g/mol. The highest BCUT2D eigenvalue weighted by Crippen LogP contribution is 2.52. The minimum atomic E-state index is -0.149. The van der Waals surface area contributed by atoms with Crippen LogP contribution in [0.3, 0.4) is 0 Å². The molecule has 1 saturated heterocycles. The molecule has 25 heavy (non-hydrogen) atoms. The summed E-state index contributed by atoms with van der Waals surface area (Å²) in [5.74, 6) is 1.20. The number of amides is 2. The molecule has 2 N–H and O–H groups in total. The van der Waals surface area contributed by atoms with Crippen LogP contribution < -0.4 is 10.6 Å². The number of carbonyl (C=O) groups is 1. The molecule has 0 bridgehead atoms. The van der Waals surface area contributed by atoms with E-state index >= 15 is 0 Å². The Balaban J connectivity index is 1.39. The van der Waals surface area contributed by atoms with Crippen LogP contribution in [0.25, 0.3) is 5.82 Å². The third kappa shape index (κ3) is 2.78. The van der Waals surface area contributed by atoms with Crippen LogP contribution in [0, 0.1) is 11.3 Å². The molecular formula is C18H23N5O2. The number of nitrogens with zero attached hydrogens (tertiary/aromatic N) is 3. The molecular weight excluding hydrogens is 318 g/mol. The topological polar surface area (TPSA) is 81.1 Å². The van der Waals surface area contributed by atoms with Crippen LogP contribution in [0.4, 0.5) is 4.79 Å². The van der Waals surface area contributed by atoms with E-state index in [4.69, 9.17) is 4.74 Å². The number of pyridine rings is 1. The average molecular weight is 341 g/mol. The average Bonchev–Trinajstić information content (AvgIpc) is 3.28. The molecule has 7 heteroatoms. The Morgan fingerprint density at radius 2 is 2.32 bits per heavy atom. The number of imidazole rings is 1. The highest BCUT2D eigenvalue weighted by atomic mass is 16.5. The van der Waals surface area contributed by atoms with Crippen molar-refractivity contribution in [3.63, 3.8) is 0 Å². The third-order valence-electron chi connectivity index (χ3n) is 5.44. The quantitative estimate of drug-likeness (QED) is 0.890. The molecule has 4 rings (SSSR count). The lowest BCUT2D eigenvalue weighted by Crippen LogP contribution is -2.67. The molecule has 0 radical (unpaired) electrons. The lowest BCUT2D eigenvalue weighted by Gasteiger charge is -2.54. The van der Waals surface area contributed by atoms with Crippen molar-refractivity contribution >= 4 is 6.03 Å². The zero-order chi connectivity index (χ0) is 17.4. The summed E-state index contributed by atoms with van der Waals surface area (Å²) in [6, 6.07) is 3.83. The van der Waals surface area contributed by atoms with Crippen LogP contribution in [0.5, 0.6) is 0 Å². The van der Waals surface area contributed by atoms with Gasteiger partial charge in [0.2, 0.25) is 0 Å². The SMILES string of the molecule is CC1(C)C(NC(=O)NCc2cccnc2-n2ccnc2)C2CCOC21. The van der Waals surface area contributed by atoms with Gasteiger partial charge in [-0.3, -0.25) is 4.57 Å². The van der Waals surface area contributed by atoms with Crippen LogP contribution in [0.2, 0.25) is 0 Å². The van der Waals surface area contributed by atoms with Gasteiger partial charge in [-0.1, -0.05) is 19.9 Å². The van der Waals surface area contributed by atoms with E-state index in [1.165, 1.54) is 0 Å². The van der Waals surface area contributed by atoms with E-state index in [-0.39, 0.29) is 23.6 Å². The molecule has 0 aromatic carbocycles. The highest BCUT2D eigenvalue weighted by molar-refractivity contribution is 5.74. The van der Waals surface area contributed by atoms with Crippen LogP contribution in [0.1, 0.15) is 25.8 Å². The number of carbonyl (C=O) groups excluding carboxylic acids is 1. The van der Waals surface area contributed by atoms with Gasteiger partial charge in [-0.25, -0.2) is 14.8 Å². The van der Waals surface area contributed by atoms with Crippen molar-refractivity contribution in [3.8, 4) is 5.82 Å². The number of ether oxygens (including phenoxy) is 1. The lowest BCUT2D eigenvalue weighted by atomic mass is 9.57. The van der Waals surface area contributed by atoms with Crippen LogP contribution in [0.15, 0.2) is 37.1 Å². The van der Waals surface area contributed by atoms with E-state index in [0.717, 1.165) is 24.4 Å². The van der Waals surface area contributed by atoms with E-state index < -0.39 is 0 Å². The number of rotatable bonds is 4. The molecule has 1 aliphatic heterocycles. The molecule has 2 fully saturated rings. The summed E-state index contributed by atoms with van der Waals surface area (Å²) in [6.45, 7) is 5.51. The zero-order valence-corrected chi connectivity index (χ0v) is 14.5. The van der Waals surface area contributed by atoms with Gasteiger partial charge < -0.3 is 15.4 Å². The Morgan fingerprint density at radius 1 is 1.44 bits per heavy atom. The maximum Gasteiger partial charge on any atom is 0.315 e. The van der Waals surface area contributed by atoms with Crippen molar-refractivity contribution in [2.24, 2.45) is 11.3 Å². The number of hydrogen-bond donors (Lipinski definition) is 2. The second-order valence-electron chi connectivity index (χ2n) is 7.33. The van der Waals surface area contributed by atoms with Crippen molar-refractivity contribution in [1.82, 2.24) is 25.2 Å². The van der Waals surface area contributed by atoms with Gasteiger partial charge >= 0.3 is 6.03 Å². The van der Waals surface area contributed by atoms with Gasteiger partial charge in [-0.05, 0) is 12.5 Å². The molecule has 2 aromatic rings. The molecule has 2 amide bonds. The lowest BCUT2D eigenvalue weighted by molar-refractivity contribution is -0.108. The number of aromatic nitrogens is 3. The van der Waals surface area contributed by atoms with Gasteiger partial charge in [-0.15, -0.1) is 0 Å². The fraction of sp³-hybridized carbons (Fsp3) is 0.500. The summed E-state index contributed by atoms with van der Waals surface area (Å²) in [7, 11) is 0. The predicted molar refractivity (Wildman–Crippen MR) is 92.1 cm³/mol. The number of urea groups is 1. The molecule has 3 unspecified atom stereocenters. The molecule has 3 heterocycles. The number of hydrogen-bond acceptors (Lipinski definition) is 4. The zero-order valence-electron chi connectivity index (χ0n) is 14.5. The third-order valence-corrected chi connectivity index (χ3v) is 5.44. The van der Waals surface area contributed by atoms with Gasteiger partial charge in [0, 0.05) is 54.7 Å². The second-order valence-corrected chi connectivity index (χ2v) is 7.33. The number of nitrogens with one attached hydrogen (secondary N) is 2. The van der Waals surface area contributed by atoms with Crippen LogP contribution in [-0.4, -0.2) is 39.3 Å². The molecule has 0 spiro atoms. The first-order valence-corrected chi connectivity index (χ1v) is 8.65. The Bertz CT molecular complexity index is 759. The van der Waals surface area contributed by atoms with E-state index in [9.17, 15) is 4.79 Å². The van der Waals surface area contributed by atoms with Crippen LogP contribution in [-0.2, 0) is 11.3 Å². The summed E-state index contributed by atoms with van der Waals surface area (Å²) in [5.41, 5.74) is 0.917. The Hall–Kier alpha value is -2.41. The van der Waals surface area contributed by atoms with Crippen molar-refractivity contribution in [2.45, 2.75) is 39.0 Å². The summed E-state index contributed by atoms with van der Waals surface area (Å²) >= 11 is 0. The van der Waals surface area contributed by atoms with Crippen molar-refractivity contribution < 1.29 is 9.53 Å². The van der Waals surface area contributed by atoms with Gasteiger partial charge in [0.15, 0.2) is 0 Å². The Labute approximate surface area is 146 Å². The molecule has 2 aromatic heterocycles. The maximum absolute atomic E-state index is 12.4. The highest BCUT2D eigenvalue weighted by Gasteiger charge is 2.59. The fourth-order valence-corrected chi connectivity index (χ4v) is 4.17. The minimum Gasteiger partial charge on any atom is -0.377 e. The normalized spacial score (nSPS) is 26.6. The maximum atomic E-state index is 12.4. The number of fused-ring (bicyclic) bond motifs is 1. The first-order chi connectivity index (χ1) is 12.1. The van der Waals surface area contributed by atoms with Gasteiger partial charge in [0.1, 0.15) is 12.1 Å². The molecule has 3 atom stereocenters. The Morgan fingerprint density at radius 3 is 3.12 bits per heavy atom. The minimum absolute atomic E-state index is 0.0191. The first kappa shape index (κ1) is 16.1. The van der Waals surface area contributed by atoms with Crippen molar-refractivity contribution in [3.05, 3.63) is 42.6 Å². The Kier molecular flexibility index (Phi) is 3.95. The fourth-order valence-electron chi connectivity index (χ4n) is 4.17. The van der Waals surface area contributed by atoms with E-state index in [1.807, 2.05) is 22.9 Å². The van der Waals surface area contributed by atoms with Gasteiger partial charge in [-0.2, -0.15) is 0 Å². The summed E-state index contributed by atoms with van der Waals surface area (Å²) < 4.78 is 7.61. The second kappa shape index (κ2) is 6.15.